The summed E-state index contributed by atoms with van der Waals surface area (Å²) in [6, 6.07) is 3.80. The fraction of sp³-hybridized carbons (Fsp3) is 0.688. The van der Waals surface area contributed by atoms with Crippen molar-refractivity contribution in [2.45, 2.75) is 70.7 Å². The molecule has 0 aliphatic heterocycles. The maximum atomic E-state index is 11.8. The first-order chi connectivity index (χ1) is 11.2. The normalized spacial score (nSPS) is 21.4. The molecule has 8 heteroatoms. The number of hydrogen-bond donors (Lipinski definition) is 4. The van der Waals surface area contributed by atoms with Crippen LogP contribution in [0.5, 0.6) is 0 Å². The van der Waals surface area contributed by atoms with Crippen LogP contribution < -0.4 is 16.3 Å². The van der Waals surface area contributed by atoms with Gasteiger partial charge in [0.25, 0.3) is 0 Å². The molecule has 0 saturated heterocycles. The smallest absolute Gasteiger partial charge is 0.468 e. The van der Waals surface area contributed by atoms with Crippen molar-refractivity contribution in [2.75, 3.05) is 0 Å². The maximum Gasteiger partial charge on any atom is 0.526 e. The molecule has 2 rings (SSSR count). The van der Waals surface area contributed by atoms with Gasteiger partial charge in [0.05, 0.1) is 6.54 Å². The van der Waals surface area contributed by atoms with Gasteiger partial charge in [0.2, 0.25) is 0 Å². The van der Waals surface area contributed by atoms with Crippen molar-refractivity contribution in [3.8, 4) is 0 Å². The van der Waals surface area contributed by atoms with Crippen molar-refractivity contribution >= 4 is 18.9 Å². The van der Waals surface area contributed by atoms with E-state index in [0.717, 1.165) is 25.7 Å². The molecule has 1 aliphatic carbocycles. The number of carbonyl (C=O) groups is 1. The highest BCUT2D eigenvalue weighted by Crippen LogP contribution is 2.19. The van der Waals surface area contributed by atoms with Crippen molar-refractivity contribution in [2.24, 2.45) is 0 Å². The lowest BCUT2D eigenvalue weighted by atomic mass is 9.88. The highest BCUT2D eigenvalue weighted by atomic mass is 16.6. The van der Waals surface area contributed by atoms with E-state index in [1.54, 1.807) is 12.1 Å². The molecule has 4 N–H and O–H groups in total. The number of amides is 1. The number of rotatable bonds is 5. The summed E-state index contributed by atoms with van der Waals surface area (Å²) in [5, 5.41) is 24.4. The maximum absolute atomic E-state index is 11.8. The summed E-state index contributed by atoms with van der Waals surface area (Å²) in [5.74, 6) is 0.673. The Hall–Kier alpha value is -1.51. The molecule has 0 unspecified atom stereocenters. The summed E-state index contributed by atoms with van der Waals surface area (Å²) < 4.78 is 10.6. The minimum absolute atomic E-state index is 0.150. The molecule has 0 spiro atoms. The lowest BCUT2D eigenvalue weighted by Gasteiger charge is -2.30. The lowest BCUT2D eigenvalue weighted by Crippen LogP contribution is -2.43. The van der Waals surface area contributed by atoms with Gasteiger partial charge in [0.1, 0.15) is 17.0 Å². The van der Waals surface area contributed by atoms with Crippen LogP contribution in [0.2, 0.25) is 0 Å². The van der Waals surface area contributed by atoms with Gasteiger partial charge in [-0.15, -0.1) is 0 Å². The van der Waals surface area contributed by atoms with Crippen LogP contribution in [0.15, 0.2) is 16.5 Å². The summed E-state index contributed by atoms with van der Waals surface area (Å²) in [7, 11) is -1.58. The second-order valence-corrected chi connectivity index (χ2v) is 7.25. The fourth-order valence-corrected chi connectivity index (χ4v) is 2.79. The lowest BCUT2D eigenvalue weighted by molar-refractivity contribution is 0.0489. The van der Waals surface area contributed by atoms with Gasteiger partial charge >= 0.3 is 13.2 Å². The molecule has 1 aliphatic rings. The van der Waals surface area contributed by atoms with Crippen molar-refractivity contribution in [3.63, 3.8) is 0 Å². The summed E-state index contributed by atoms with van der Waals surface area (Å²) in [4.78, 5) is 11.8. The SMILES string of the molecule is CC(C)(C)OC(=O)NC1CCC(NCc2ccc(B(O)O)o2)CC1. The van der Waals surface area contributed by atoms with Crippen LogP contribution >= 0.6 is 0 Å². The topological polar surface area (TPSA) is 104 Å². The third-order valence-corrected chi connectivity index (χ3v) is 3.95. The van der Waals surface area contributed by atoms with E-state index in [2.05, 4.69) is 10.6 Å². The summed E-state index contributed by atoms with van der Waals surface area (Å²) in [6.07, 6.45) is 3.35. The molecule has 0 atom stereocenters. The summed E-state index contributed by atoms with van der Waals surface area (Å²) in [6.45, 7) is 6.09. The third-order valence-electron chi connectivity index (χ3n) is 3.95. The van der Waals surface area contributed by atoms with Crippen molar-refractivity contribution < 1.29 is 24.0 Å². The van der Waals surface area contributed by atoms with Crippen LogP contribution in [0.1, 0.15) is 52.2 Å². The van der Waals surface area contributed by atoms with E-state index < -0.39 is 12.7 Å². The Morgan fingerprint density at radius 2 is 1.88 bits per heavy atom. The highest BCUT2D eigenvalue weighted by Gasteiger charge is 2.25. The first-order valence-electron chi connectivity index (χ1n) is 8.40. The van der Waals surface area contributed by atoms with Crippen LogP contribution in [-0.4, -0.2) is 40.9 Å². The van der Waals surface area contributed by atoms with Crippen LogP contribution in [0, 0.1) is 0 Å². The predicted octanol–water partition coefficient (Wildman–Crippen LogP) is 0.885. The zero-order valence-corrected chi connectivity index (χ0v) is 14.5. The first-order valence-corrected chi connectivity index (χ1v) is 8.40. The van der Waals surface area contributed by atoms with Gasteiger partial charge in [-0.1, -0.05) is 0 Å². The zero-order chi connectivity index (χ0) is 17.7. The molecule has 0 bridgehead atoms. The van der Waals surface area contributed by atoms with Crippen molar-refractivity contribution in [1.29, 1.82) is 0 Å². The van der Waals surface area contributed by atoms with Crippen molar-refractivity contribution in [3.05, 3.63) is 17.9 Å². The first kappa shape index (κ1) is 18.8. The van der Waals surface area contributed by atoms with Crippen LogP contribution in [0.25, 0.3) is 0 Å². The van der Waals surface area contributed by atoms with E-state index in [4.69, 9.17) is 19.2 Å². The Morgan fingerprint density at radius 1 is 1.25 bits per heavy atom. The van der Waals surface area contributed by atoms with E-state index >= 15 is 0 Å². The predicted molar refractivity (Wildman–Crippen MR) is 90.8 cm³/mol. The molecule has 1 saturated carbocycles. The van der Waals surface area contributed by atoms with E-state index in [9.17, 15) is 4.79 Å². The van der Waals surface area contributed by atoms with Crippen LogP contribution in [-0.2, 0) is 11.3 Å². The highest BCUT2D eigenvalue weighted by molar-refractivity contribution is 6.56. The van der Waals surface area contributed by atoms with Crippen LogP contribution in [0.4, 0.5) is 4.79 Å². The van der Waals surface area contributed by atoms with E-state index in [1.165, 1.54) is 0 Å². The van der Waals surface area contributed by atoms with Crippen LogP contribution in [0.3, 0.4) is 0 Å². The Labute approximate surface area is 142 Å². The van der Waals surface area contributed by atoms with Gasteiger partial charge in [0, 0.05) is 12.1 Å². The van der Waals surface area contributed by atoms with E-state index in [0.29, 0.717) is 18.3 Å². The molecule has 0 radical (unpaired) electrons. The minimum atomic E-state index is -1.58. The second-order valence-electron chi connectivity index (χ2n) is 7.25. The number of hydrogen-bond acceptors (Lipinski definition) is 6. The number of nitrogens with one attached hydrogen (secondary N) is 2. The van der Waals surface area contributed by atoms with E-state index in [1.807, 2.05) is 20.8 Å². The van der Waals surface area contributed by atoms with Crippen molar-refractivity contribution in [1.82, 2.24) is 10.6 Å². The Balaban J connectivity index is 1.68. The minimum Gasteiger partial charge on any atom is -0.468 e. The van der Waals surface area contributed by atoms with E-state index in [-0.39, 0.29) is 17.8 Å². The van der Waals surface area contributed by atoms with Gasteiger partial charge < -0.3 is 29.8 Å². The van der Waals surface area contributed by atoms with Gasteiger partial charge in [-0.2, -0.15) is 0 Å². The third kappa shape index (κ3) is 6.18. The van der Waals surface area contributed by atoms with Gasteiger partial charge in [-0.25, -0.2) is 4.79 Å². The van der Waals surface area contributed by atoms with Gasteiger partial charge in [-0.3, -0.25) is 0 Å². The molecule has 1 fully saturated rings. The molecule has 134 valence electrons. The number of alkyl carbamates (subject to hydrolysis) is 1. The molecular formula is C16H27BN2O5. The Morgan fingerprint density at radius 3 is 2.42 bits per heavy atom. The largest absolute Gasteiger partial charge is 0.526 e. The Bertz CT molecular complexity index is 533. The second kappa shape index (κ2) is 8.05. The molecule has 7 nitrogen and oxygen atoms in total. The average Bonchev–Trinajstić information content (AvgIpc) is 2.93. The number of carbonyl (C=O) groups excluding carboxylic acids is 1. The molecule has 1 aromatic heterocycles. The molecular weight excluding hydrogens is 311 g/mol. The molecule has 24 heavy (non-hydrogen) atoms. The number of ether oxygens (including phenoxy) is 1. The monoisotopic (exact) mass is 338 g/mol. The standard InChI is InChI=1S/C16H27BN2O5/c1-16(2,3)24-15(20)19-12-6-4-11(5-7-12)18-10-13-8-9-14(23-13)17(21)22/h8-9,11-12,18,21-22H,4-7,10H2,1-3H3,(H,19,20). The summed E-state index contributed by atoms with van der Waals surface area (Å²) in [5.41, 5.74) is -0.329. The number of furan rings is 1. The fourth-order valence-electron chi connectivity index (χ4n) is 2.79. The average molecular weight is 338 g/mol. The summed E-state index contributed by atoms with van der Waals surface area (Å²) >= 11 is 0. The quantitative estimate of drug-likeness (QED) is 0.595. The zero-order valence-electron chi connectivity index (χ0n) is 14.5. The molecule has 1 aromatic rings. The molecule has 0 aromatic carbocycles. The molecule has 1 amide bonds. The molecule has 1 heterocycles. The van der Waals surface area contributed by atoms with Gasteiger partial charge in [0.15, 0.2) is 0 Å². The van der Waals surface area contributed by atoms with Gasteiger partial charge in [-0.05, 0) is 58.6 Å². The Kier molecular flexibility index (Phi) is 6.31.